The quantitative estimate of drug-likeness (QED) is 0.629. The van der Waals surface area contributed by atoms with Gasteiger partial charge in [-0.15, -0.1) is 0 Å². The monoisotopic (exact) mass is 395 g/mol. The van der Waals surface area contributed by atoms with Crippen molar-refractivity contribution in [1.82, 2.24) is 4.72 Å². The fourth-order valence-corrected chi connectivity index (χ4v) is 4.23. The van der Waals surface area contributed by atoms with Crippen LogP contribution < -0.4 is 4.72 Å². The van der Waals surface area contributed by atoms with E-state index < -0.39 is 15.6 Å². The molecule has 0 aliphatic carbocycles. The minimum atomic E-state index is -3.47. The Bertz CT molecular complexity index is 544. The molecule has 0 radical (unpaired) electrons. The summed E-state index contributed by atoms with van der Waals surface area (Å²) in [6.07, 6.45) is 0.713. The molecule has 0 unspecified atom stereocenters. The molecule has 1 aliphatic rings. The molecule has 6 heteroatoms. The molecule has 1 saturated heterocycles. The van der Waals surface area contributed by atoms with Gasteiger partial charge in [-0.05, 0) is 32.4 Å². The third-order valence-corrected chi connectivity index (χ3v) is 6.47. The van der Waals surface area contributed by atoms with Gasteiger partial charge in [-0.25, -0.2) is 13.1 Å². The van der Waals surface area contributed by atoms with Crippen molar-refractivity contribution in [2.24, 2.45) is 0 Å². The Labute approximate surface area is 128 Å². The highest BCUT2D eigenvalue weighted by Crippen LogP contribution is 2.29. The maximum atomic E-state index is 12.3. The molecule has 0 amide bonds. The van der Waals surface area contributed by atoms with Gasteiger partial charge in [0.25, 0.3) is 0 Å². The maximum Gasteiger partial charge on any atom is 0.240 e. The maximum absolute atomic E-state index is 12.3. The van der Waals surface area contributed by atoms with E-state index in [0.717, 1.165) is 9.99 Å². The van der Waals surface area contributed by atoms with E-state index in [4.69, 9.17) is 4.74 Å². The molecule has 1 N–H and O–H groups in total. The smallest absolute Gasteiger partial charge is 0.240 e. The van der Waals surface area contributed by atoms with Gasteiger partial charge < -0.3 is 4.74 Å². The fraction of sp³-hybridized carbons (Fsp3) is 0.538. The number of sulfonamides is 1. The van der Waals surface area contributed by atoms with Crippen LogP contribution in [-0.4, -0.2) is 31.1 Å². The highest BCUT2D eigenvalue weighted by molar-refractivity contribution is 14.1. The number of ether oxygens (including phenoxy) is 1. The Morgan fingerprint density at radius 3 is 2.63 bits per heavy atom. The van der Waals surface area contributed by atoms with Crippen LogP contribution in [0.4, 0.5) is 0 Å². The lowest BCUT2D eigenvalue weighted by Gasteiger charge is -2.28. The lowest BCUT2D eigenvalue weighted by Crippen LogP contribution is -2.49. The third kappa shape index (κ3) is 3.29. The predicted molar refractivity (Wildman–Crippen MR) is 83.1 cm³/mol. The predicted octanol–water partition coefficient (Wildman–Crippen LogP) is 2.26. The average Bonchev–Trinajstić information content (AvgIpc) is 2.72. The number of rotatable bonds is 4. The van der Waals surface area contributed by atoms with Crippen molar-refractivity contribution in [2.45, 2.75) is 36.8 Å². The molecular weight excluding hydrogens is 377 g/mol. The van der Waals surface area contributed by atoms with Gasteiger partial charge in [-0.1, -0.05) is 40.3 Å². The zero-order valence-electron chi connectivity index (χ0n) is 11.0. The van der Waals surface area contributed by atoms with Crippen LogP contribution in [0.15, 0.2) is 29.2 Å². The topological polar surface area (TPSA) is 55.4 Å². The first-order valence-electron chi connectivity index (χ1n) is 6.16. The normalized spacial score (nSPS) is 27.6. The molecule has 106 valence electrons. The Balaban J connectivity index is 2.20. The van der Waals surface area contributed by atoms with Crippen LogP contribution in [0.2, 0.25) is 0 Å². The summed E-state index contributed by atoms with van der Waals surface area (Å²) >= 11 is 2.23. The first-order valence-corrected chi connectivity index (χ1v) is 9.17. The Morgan fingerprint density at radius 2 is 2.05 bits per heavy atom. The summed E-state index contributed by atoms with van der Waals surface area (Å²) in [7, 11) is -3.47. The summed E-state index contributed by atoms with van der Waals surface area (Å²) in [6, 6.07) is 6.70. The summed E-state index contributed by atoms with van der Waals surface area (Å²) in [4.78, 5) is 0.306. The highest BCUT2D eigenvalue weighted by Gasteiger charge is 2.41. The van der Waals surface area contributed by atoms with Crippen LogP contribution >= 0.6 is 22.6 Å². The molecule has 0 bridgehead atoms. The second kappa shape index (κ2) is 5.67. The third-order valence-electron chi connectivity index (χ3n) is 3.47. The number of hydrogen-bond donors (Lipinski definition) is 1. The van der Waals surface area contributed by atoms with Crippen LogP contribution in [-0.2, 0) is 14.8 Å². The first kappa shape index (κ1) is 15.2. The van der Waals surface area contributed by atoms with Gasteiger partial charge in [-0.2, -0.15) is 0 Å². The molecule has 0 spiro atoms. The van der Waals surface area contributed by atoms with E-state index in [2.05, 4.69) is 27.3 Å². The molecule has 1 aliphatic heterocycles. The largest absolute Gasteiger partial charge is 0.373 e. The average molecular weight is 395 g/mol. The van der Waals surface area contributed by atoms with E-state index in [1.807, 2.05) is 13.8 Å². The molecule has 2 atom stereocenters. The molecular formula is C13H18INO3S. The van der Waals surface area contributed by atoms with Crippen LogP contribution in [0.1, 0.15) is 18.9 Å². The summed E-state index contributed by atoms with van der Waals surface area (Å²) in [5, 5.41) is 0. The van der Waals surface area contributed by atoms with Gasteiger partial charge in [0.15, 0.2) is 0 Å². The van der Waals surface area contributed by atoms with Crippen molar-refractivity contribution >= 4 is 32.6 Å². The van der Waals surface area contributed by atoms with Crippen molar-refractivity contribution in [3.8, 4) is 0 Å². The molecule has 0 aromatic heterocycles. The fourth-order valence-electron chi connectivity index (χ4n) is 2.10. The van der Waals surface area contributed by atoms with Crippen LogP contribution in [0.3, 0.4) is 0 Å². The molecule has 19 heavy (non-hydrogen) atoms. The summed E-state index contributed by atoms with van der Waals surface area (Å²) in [5.41, 5.74) is 0.624. The number of benzene rings is 1. The van der Waals surface area contributed by atoms with Crippen LogP contribution in [0.5, 0.6) is 0 Å². The van der Waals surface area contributed by atoms with Crippen LogP contribution in [0.25, 0.3) is 0 Å². The Kier molecular flexibility index (Phi) is 4.54. The van der Waals surface area contributed by atoms with Gasteiger partial charge >= 0.3 is 0 Å². The van der Waals surface area contributed by atoms with Crippen molar-refractivity contribution in [3.63, 3.8) is 0 Å². The number of nitrogens with one attached hydrogen (secondary N) is 1. The van der Waals surface area contributed by atoms with E-state index in [-0.39, 0.29) is 6.04 Å². The van der Waals surface area contributed by atoms with Crippen molar-refractivity contribution in [1.29, 1.82) is 0 Å². The Morgan fingerprint density at radius 1 is 1.42 bits per heavy atom. The minimum Gasteiger partial charge on any atom is -0.373 e. The molecule has 1 aromatic carbocycles. The number of alkyl halides is 1. The standard InChI is InChI=1S/C13H18INO3S/c1-10-3-5-11(6-4-10)19(16,17)15-12-7-8-18-13(12,2)9-14/h3-6,12,15H,7-9H2,1-2H3/t12-,13+/m1/s1. The van der Waals surface area contributed by atoms with Gasteiger partial charge in [0.1, 0.15) is 0 Å². The Hall–Kier alpha value is -0.180. The molecule has 1 fully saturated rings. The summed E-state index contributed by atoms with van der Waals surface area (Å²) < 4.78 is 33.9. The molecule has 1 heterocycles. The van der Waals surface area contributed by atoms with E-state index in [1.165, 1.54) is 0 Å². The highest BCUT2D eigenvalue weighted by atomic mass is 127. The number of halogens is 1. The SMILES string of the molecule is Cc1ccc(S(=O)(=O)N[C@@H]2CCO[C@@]2(C)CI)cc1. The van der Waals surface area contributed by atoms with E-state index in [9.17, 15) is 8.42 Å². The van der Waals surface area contributed by atoms with Crippen LogP contribution in [0, 0.1) is 6.92 Å². The zero-order valence-corrected chi connectivity index (χ0v) is 14.0. The number of aryl methyl sites for hydroxylation is 1. The van der Waals surface area contributed by atoms with E-state index >= 15 is 0 Å². The van der Waals surface area contributed by atoms with Gasteiger partial charge in [0.2, 0.25) is 10.0 Å². The van der Waals surface area contributed by atoms with Gasteiger partial charge in [0.05, 0.1) is 16.5 Å². The molecule has 4 nitrogen and oxygen atoms in total. The van der Waals surface area contributed by atoms with Crippen molar-refractivity contribution < 1.29 is 13.2 Å². The second-order valence-electron chi connectivity index (χ2n) is 5.07. The van der Waals surface area contributed by atoms with Crippen molar-refractivity contribution in [2.75, 3.05) is 11.0 Å². The van der Waals surface area contributed by atoms with Gasteiger partial charge in [-0.3, -0.25) is 0 Å². The second-order valence-corrected chi connectivity index (χ2v) is 7.55. The lowest BCUT2D eigenvalue weighted by atomic mass is 10.0. The van der Waals surface area contributed by atoms with Gasteiger partial charge in [0, 0.05) is 11.0 Å². The van der Waals surface area contributed by atoms with E-state index in [1.54, 1.807) is 24.3 Å². The molecule has 0 saturated carbocycles. The van der Waals surface area contributed by atoms with Crippen molar-refractivity contribution in [3.05, 3.63) is 29.8 Å². The minimum absolute atomic E-state index is 0.171. The summed E-state index contributed by atoms with van der Waals surface area (Å²) in [5.74, 6) is 0. The van der Waals surface area contributed by atoms with E-state index in [0.29, 0.717) is 17.9 Å². The lowest BCUT2D eigenvalue weighted by molar-refractivity contribution is 0.0322. The summed E-state index contributed by atoms with van der Waals surface area (Å²) in [6.45, 7) is 4.48. The molecule has 2 rings (SSSR count). The number of hydrogen-bond acceptors (Lipinski definition) is 3. The molecule has 1 aromatic rings. The zero-order chi connectivity index (χ0) is 14.1. The first-order chi connectivity index (χ1) is 8.87.